The van der Waals surface area contributed by atoms with Crippen molar-refractivity contribution in [3.05, 3.63) is 47.8 Å². The maximum Gasteiger partial charge on any atom is 0.252 e. The van der Waals surface area contributed by atoms with Gasteiger partial charge in [0.2, 0.25) is 5.91 Å². The fraction of sp³-hybridized carbons (Fsp3) is 0.429. The number of nitrogens with zero attached hydrogens (tertiary/aromatic N) is 2. The zero-order valence-electron chi connectivity index (χ0n) is 15.5. The van der Waals surface area contributed by atoms with Gasteiger partial charge in [0, 0.05) is 31.1 Å². The summed E-state index contributed by atoms with van der Waals surface area (Å²) in [5, 5.41) is 2.93. The molecule has 1 aromatic carbocycles. The lowest BCUT2D eigenvalue weighted by atomic mass is 10.0. The van der Waals surface area contributed by atoms with Crippen molar-refractivity contribution in [3.8, 4) is 11.4 Å². The molecule has 0 spiro atoms. The Bertz CT molecular complexity index is 786. The zero-order chi connectivity index (χ0) is 19.1. The molecule has 0 radical (unpaired) electrons. The highest BCUT2D eigenvalue weighted by Crippen LogP contribution is 2.28. The first-order valence-electron chi connectivity index (χ1n) is 9.61. The molecule has 0 bridgehead atoms. The number of carbonyl (C=O) groups is 2. The Hall–Kier alpha value is -2.76. The monoisotopic (exact) mass is 366 g/mol. The van der Waals surface area contributed by atoms with E-state index in [1.165, 1.54) is 31.9 Å². The molecule has 1 aliphatic rings. The van der Waals surface area contributed by atoms with Crippen LogP contribution < -0.4 is 11.1 Å². The van der Waals surface area contributed by atoms with Gasteiger partial charge in [-0.3, -0.25) is 9.59 Å². The molecule has 3 rings (SSSR count). The van der Waals surface area contributed by atoms with Gasteiger partial charge in [0.25, 0.3) is 5.91 Å². The van der Waals surface area contributed by atoms with Crippen molar-refractivity contribution in [2.24, 2.45) is 11.7 Å². The number of carbonyl (C=O) groups excluding carboxylic acids is 2. The van der Waals surface area contributed by atoms with Crippen LogP contribution in [0.1, 0.15) is 54.6 Å². The van der Waals surface area contributed by atoms with E-state index in [0.717, 1.165) is 12.0 Å². The molecule has 0 aliphatic heterocycles. The Balaban J connectivity index is 1.59. The lowest BCUT2D eigenvalue weighted by Crippen LogP contribution is -2.27. The minimum atomic E-state index is -0.558. The molecule has 1 saturated carbocycles. The van der Waals surface area contributed by atoms with E-state index in [4.69, 9.17) is 5.73 Å². The minimum absolute atomic E-state index is 0.0554. The first-order chi connectivity index (χ1) is 13.1. The summed E-state index contributed by atoms with van der Waals surface area (Å²) in [6.45, 7) is 0.426. The van der Waals surface area contributed by atoms with Crippen LogP contribution >= 0.6 is 0 Å². The third-order valence-electron chi connectivity index (χ3n) is 5.10. The molecule has 6 nitrogen and oxygen atoms in total. The number of rotatable bonds is 8. The molecule has 2 amide bonds. The number of primary amides is 1. The fourth-order valence-electron chi connectivity index (χ4n) is 3.58. The van der Waals surface area contributed by atoms with E-state index in [2.05, 4.69) is 15.3 Å². The topological polar surface area (TPSA) is 98.0 Å². The van der Waals surface area contributed by atoms with Crippen molar-refractivity contribution in [1.82, 2.24) is 15.3 Å². The molecular weight excluding hydrogens is 340 g/mol. The maximum atomic E-state index is 12.1. The maximum absolute atomic E-state index is 12.1. The highest BCUT2D eigenvalue weighted by atomic mass is 16.1. The van der Waals surface area contributed by atoms with Gasteiger partial charge in [0.15, 0.2) is 5.82 Å². The van der Waals surface area contributed by atoms with Gasteiger partial charge < -0.3 is 11.1 Å². The summed E-state index contributed by atoms with van der Waals surface area (Å²) in [5.41, 5.74) is 7.18. The number of amides is 2. The second-order valence-electron chi connectivity index (χ2n) is 7.07. The predicted octanol–water partition coefficient (Wildman–Crippen LogP) is 2.87. The standard InChI is InChI=1S/C21H26N4O2/c22-20(27)17-14-24-21(16-8-2-1-3-9-16)25-18(17)12-13-23-19(26)11-10-15-6-4-5-7-15/h1-3,8-9,14-15H,4-7,10-13H2,(H2,22,27)(H,23,26). The Morgan fingerprint density at radius 2 is 1.89 bits per heavy atom. The number of hydrogen-bond acceptors (Lipinski definition) is 4. The van der Waals surface area contributed by atoms with E-state index in [1.54, 1.807) is 0 Å². The molecule has 1 aliphatic carbocycles. The average Bonchev–Trinajstić information content (AvgIpc) is 3.20. The molecule has 3 N–H and O–H groups in total. The Morgan fingerprint density at radius 3 is 2.59 bits per heavy atom. The van der Waals surface area contributed by atoms with Crippen LogP contribution in [0.2, 0.25) is 0 Å². The molecule has 6 heteroatoms. The lowest BCUT2D eigenvalue weighted by Gasteiger charge is -2.11. The van der Waals surface area contributed by atoms with Gasteiger partial charge in [0.1, 0.15) is 0 Å². The molecule has 0 atom stereocenters. The van der Waals surface area contributed by atoms with Crippen LogP contribution in [0.3, 0.4) is 0 Å². The smallest absolute Gasteiger partial charge is 0.252 e. The van der Waals surface area contributed by atoms with E-state index in [1.807, 2.05) is 30.3 Å². The van der Waals surface area contributed by atoms with Gasteiger partial charge in [-0.25, -0.2) is 9.97 Å². The van der Waals surface area contributed by atoms with Gasteiger partial charge in [-0.1, -0.05) is 56.0 Å². The first kappa shape index (κ1) is 19.0. The Labute approximate surface area is 159 Å². The first-order valence-corrected chi connectivity index (χ1v) is 9.61. The van der Waals surface area contributed by atoms with Gasteiger partial charge in [-0.2, -0.15) is 0 Å². The summed E-state index contributed by atoms with van der Waals surface area (Å²) in [6, 6.07) is 9.56. The van der Waals surface area contributed by atoms with E-state index in [0.29, 0.717) is 42.4 Å². The van der Waals surface area contributed by atoms with Gasteiger partial charge in [-0.15, -0.1) is 0 Å². The quantitative estimate of drug-likeness (QED) is 0.750. The van der Waals surface area contributed by atoms with Crippen molar-refractivity contribution >= 4 is 11.8 Å². The van der Waals surface area contributed by atoms with E-state index in [9.17, 15) is 9.59 Å². The predicted molar refractivity (Wildman–Crippen MR) is 104 cm³/mol. The summed E-state index contributed by atoms with van der Waals surface area (Å²) in [4.78, 5) is 32.5. The highest BCUT2D eigenvalue weighted by molar-refractivity contribution is 5.93. The summed E-state index contributed by atoms with van der Waals surface area (Å²) < 4.78 is 0. The van der Waals surface area contributed by atoms with Gasteiger partial charge in [-0.05, 0) is 12.3 Å². The van der Waals surface area contributed by atoms with Gasteiger partial charge in [0.05, 0.1) is 11.3 Å². The van der Waals surface area contributed by atoms with Crippen LogP contribution in [-0.2, 0) is 11.2 Å². The second-order valence-corrected chi connectivity index (χ2v) is 7.07. The normalized spacial score (nSPS) is 14.2. The Morgan fingerprint density at radius 1 is 1.15 bits per heavy atom. The second kappa shape index (κ2) is 9.26. The molecule has 1 aromatic heterocycles. The van der Waals surface area contributed by atoms with Crippen LogP contribution in [0, 0.1) is 5.92 Å². The summed E-state index contributed by atoms with van der Waals surface area (Å²) in [6.07, 6.45) is 8.51. The van der Waals surface area contributed by atoms with Crippen molar-refractivity contribution in [3.63, 3.8) is 0 Å². The lowest BCUT2D eigenvalue weighted by molar-refractivity contribution is -0.121. The summed E-state index contributed by atoms with van der Waals surface area (Å²) in [7, 11) is 0. The molecule has 27 heavy (non-hydrogen) atoms. The number of benzene rings is 1. The summed E-state index contributed by atoms with van der Waals surface area (Å²) >= 11 is 0. The number of nitrogens with one attached hydrogen (secondary N) is 1. The molecule has 2 aromatic rings. The van der Waals surface area contributed by atoms with E-state index in [-0.39, 0.29) is 5.91 Å². The third kappa shape index (κ3) is 5.36. The molecule has 142 valence electrons. The van der Waals surface area contributed by atoms with E-state index >= 15 is 0 Å². The van der Waals surface area contributed by atoms with Crippen LogP contribution in [-0.4, -0.2) is 28.3 Å². The van der Waals surface area contributed by atoms with E-state index < -0.39 is 5.91 Å². The highest BCUT2D eigenvalue weighted by Gasteiger charge is 2.17. The largest absolute Gasteiger partial charge is 0.365 e. The molecule has 1 heterocycles. The zero-order valence-corrected chi connectivity index (χ0v) is 15.5. The van der Waals surface area contributed by atoms with Crippen LogP contribution in [0.25, 0.3) is 11.4 Å². The number of hydrogen-bond donors (Lipinski definition) is 2. The molecule has 0 saturated heterocycles. The molecule has 0 unspecified atom stereocenters. The molecule has 1 fully saturated rings. The Kier molecular flexibility index (Phi) is 6.52. The van der Waals surface area contributed by atoms with Crippen molar-refractivity contribution in [2.75, 3.05) is 6.54 Å². The molecular formula is C21H26N4O2. The van der Waals surface area contributed by atoms with Crippen molar-refractivity contribution in [2.45, 2.75) is 44.9 Å². The van der Waals surface area contributed by atoms with Crippen molar-refractivity contribution in [1.29, 1.82) is 0 Å². The van der Waals surface area contributed by atoms with Crippen molar-refractivity contribution < 1.29 is 9.59 Å². The SMILES string of the molecule is NC(=O)c1cnc(-c2ccccc2)nc1CCNC(=O)CCC1CCCC1. The van der Waals surface area contributed by atoms with Crippen LogP contribution in [0.5, 0.6) is 0 Å². The van der Waals surface area contributed by atoms with Crippen LogP contribution in [0.4, 0.5) is 0 Å². The number of nitrogens with two attached hydrogens (primary N) is 1. The number of aromatic nitrogens is 2. The van der Waals surface area contributed by atoms with Crippen LogP contribution in [0.15, 0.2) is 36.5 Å². The van der Waals surface area contributed by atoms with Gasteiger partial charge >= 0.3 is 0 Å². The average molecular weight is 366 g/mol. The minimum Gasteiger partial charge on any atom is -0.365 e. The third-order valence-corrected chi connectivity index (χ3v) is 5.10. The summed E-state index contributed by atoms with van der Waals surface area (Å²) in [5.74, 6) is 0.743. The fourth-order valence-corrected chi connectivity index (χ4v) is 3.58.